The number of nitrogens with one attached hydrogen (secondary N) is 2. The predicted molar refractivity (Wildman–Crippen MR) is 77.6 cm³/mol. The molecule has 2 aromatic carbocycles. The van der Waals surface area contributed by atoms with Gasteiger partial charge in [-0.3, -0.25) is 0 Å². The first-order valence-electron chi connectivity index (χ1n) is 6.50. The van der Waals surface area contributed by atoms with Crippen molar-refractivity contribution in [1.82, 2.24) is 5.43 Å². The van der Waals surface area contributed by atoms with Gasteiger partial charge in [-0.15, -0.1) is 0 Å². The molecule has 0 saturated carbocycles. The highest BCUT2D eigenvalue weighted by molar-refractivity contribution is 5.43. The van der Waals surface area contributed by atoms with Crippen molar-refractivity contribution in [2.24, 2.45) is 0 Å². The zero-order valence-electron chi connectivity index (χ0n) is 10.8. The number of benzene rings is 2. The molecule has 0 aliphatic heterocycles. The molecule has 2 N–H and O–H groups in total. The molecule has 18 heavy (non-hydrogen) atoms. The molecule has 0 saturated heterocycles. The Kier molecular flexibility index (Phi) is 4.79. The number of anilines is 1. The van der Waals surface area contributed by atoms with E-state index in [9.17, 15) is 0 Å². The molecule has 0 aliphatic rings. The van der Waals surface area contributed by atoms with Gasteiger partial charge in [0.1, 0.15) is 0 Å². The van der Waals surface area contributed by atoms with Crippen molar-refractivity contribution in [1.29, 1.82) is 0 Å². The summed E-state index contributed by atoms with van der Waals surface area (Å²) in [7, 11) is 0. The van der Waals surface area contributed by atoms with E-state index in [-0.39, 0.29) is 0 Å². The van der Waals surface area contributed by atoms with Gasteiger partial charge < -0.3 is 5.43 Å². The summed E-state index contributed by atoms with van der Waals surface area (Å²) in [6.07, 6.45) is 2.11. The second kappa shape index (κ2) is 6.82. The van der Waals surface area contributed by atoms with Gasteiger partial charge in [0.25, 0.3) is 0 Å². The van der Waals surface area contributed by atoms with Crippen molar-refractivity contribution >= 4 is 5.69 Å². The molecule has 94 valence electrons. The minimum absolute atomic E-state index is 0.916. The SMILES string of the molecule is CCc1ccc(NNCCc2ccccc2)cc1. The average Bonchev–Trinajstić information content (AvgIpc) is 2.45. The summed E-state index contributed by atoms with van der Waals surface area (Å²) in [6, 6.07) is 19.0. The normalized spacial score (nSPS) is 10.3. The first-order chi connectivity index (χ1) is 8.88. The Morgan fingerprint density at radius 3 is 2.22 bits per heavy atom. The Morgan fingerprint density at radius 2 is 1.56 bits per heavy atom. The van der Waals surface area contributed by atoms with Crippen LogP contribution in [-0.4, -0.2) is 6.54 Å². The standard InChI is InChI=1S/C16H20N2/c1-2-14-8-10-16(11-9-14)18-17-13-12-15-6-4-3-5-7-15/h3-11,17-18H,2,12-13H2,1H3. The third-order valence-corrected chi connectivity index (χ3v) is 2.98. The van der Waals surface area contributed by atoms with Crippen LogP contribution in [0.2, 0.25) is 0 Å². The van der Waals surface area contributed by atoms with Gasteiger partial charge in [-0.2, -0.15) is 0 Å². The maximum absolute atomic E-state index is 3.24. The number of hydrogen-bond donors (Lipinski definition) is 2. The predicted octanol–water partition coefficient (Wildman–Crippen LogP) is 3.41. The Morgan fingerprint density at radius 1 is 0.833 bits per heavy atom. The molecule has 2 nitrogen and oxygen atoms in total. The third-order valence-electron chi connectivity index (χ3n) is 2.98. The minimum Gasteiger partial charge on any atom is -0.321 e. The number of aryl methyl sites for hydroxylation is 1. The minimum atomic E-state index is 0.916. The van der Waals surface area contributed by atoms with Gasteiger partial charge >= 0.3 is 0 Å². The summed E-state index contributed by atoms with van der Waals surface area (Å²) in [4.78, 5) is 0. The van der Waals surface area contributed by atoms with Crippen LogP contribution < -0.4 is 10.9 Å². The molecule has 0 spiro atoms. The lowest BCUT2D eigenvalue weighted by Gasteiger charge is -2.09. The lowest BCUT2D eigenvalue weighted by molar-refractivity contribution is 0.779. The molecule has 0 heterocycles. The van der Waals surface area contributed by atoms with E-state index >= 15 is 0 Å². The van der Waals surface area contributed by atoms with Crippen LogP contribution in [0, 0.1) is 0 Å². The van der Waals surface area contributed by atoms with Crippen LogP contribution in [-0.2, 0) is 12.8 Å². The molecular weight excluding hydrogens is 220 g/mol. The van der Waals surface area contributed by atoms with Crippen LogP contribution in [0.1, 0.15) is 18.1 Å². The molecule has 0 unspecified atom stereocenters. The Labute approximate surface area is 109 Å². The summed E-state index contributed by atoms with van der Waals surface area (Å²) in [6.45, 7) is 3.08. The average molecular weight is 240 g/mol. The van der Waals surface area contributed by atoms with Crippen molar-refractivity contribution in [3.05, 3.63) is 65.7 Å². The monoisotopic (exact) mass is 240 g/mol. The van der Waals surface area contributed by atoms with Crippen molar-refractivity contribution in [2.75, 3.05) is 12.0 Å². The van der Waals surface area contributed by atoms with Gasteiger partial charge in [0, 0.05) is 12.2 Å². The first-order valence-corrected chi connectivity index (χ1v) is 6.50. The van der Waals surface area contributed by atoms with E-state index < -0.39 is 0 Å². The summed E-state index contributed by atoms with van der Waals surface area (Å²) < 4.78 is 0. The van der Waals surface area contributed by atoms with Crippen molar-refractivity contribution in [3.8, 4) is 0 Å². The topological polar surface area (TPSA) is 24.1 Å². The zero-order valence-corrected chi connectivity index (χ0v) is 10.8. The van der Waals surface area contributed by atoms with Crippen LogP contribution in [0.4, 0.5) is 5.69 Å². The Bertz CT molecular complexity index is 448. The van der Waals surface area contributed by atoms with E-state index in [1.54, 1.807) is 0 Å². The fourth-order valence-electron chi connectivity index (χ4n) is 1.84. The van der Waals surface area contributed by atoms with Crippen LogP contribution in [0.3, 0.4) is 0 Å². The second-order valence-electron chi connectivity index (χ2n) is 4.34. The van der Waals surface area contributed by atoms with E-state index in [1.165, 1.54) is 11.1 Å². The summed E-state index contributed by atoms with van der Waals surface area (Å²) >= 11 is 0. The lowest BCUT2D eigenvalue weighted by atomic mass is 10.1. The van der Waals surface area contributed by atoms with Crippen LogP contribution >= 0.6 is 0 Å². The van der Waals surface area contributed by atoms with Crippen molar-refractivity contribution in [2.45, 2.75) is 19.8 Å². The van der Waals surface area contributed by atoms with E-state index in [2.05, 4.69) is 66.3 Å². The highest BCUT2D eigenvalue weighted by atomic mass is 15.3. The molecule has 0 aromatic heterocycles. The summed E-state index contributed by atoms with van der Waals surface area (Å²) in [5, 5.41) is 0. The lowest BCUT2D eigenvalue weighted by Crippen LogP contribution is -2.24. The molecule has 2 aromatic rings. The maximum atomic E-state index is 3.24. The molecule has 0 radical (unpaired) electrons. The smallest absolute Gasteiger partial charge is 0.0487 e. The Balaban J connectivity index is 1.72. The summed E-state index contributed by atoms with van der Waals surface area (Å²) in [5.74, 6) is 0. The molecule has 2 heteroatoms. The fraction of sp³-hybridized carbons (Fsp3) is 0.250. The molecule has 2 rings (SSSR count). The molecule has 0 bridgehead atoms. The van der Waals surface area contributed by atoms with Crippen molar-refractivity contribution < 1.29 is 0 Å². The van der Waals surface area contributed by atoms with Gasteiger partial charge in [0.2, 0.25) is 0 Å². The van der Waals surface area contributed by atoms with Gasteiger partial charge in [0.05, 0.1) is 0 Å². The van der Waals surface area contributed by atoms with Crippen LogP contribution in [0.25, 0.3) is 0 Å². The second-order valence-corrected chi connectivity index (χ2v) is 4.34. The molecule has 0 aliphatic carbocycles. The van der Waals surface area contributed by atoms with Crippen LogP contribution in [0.15, 0.2) is 54.6 Å². The van der Waals surface area contributed by atoms with Crippen molar-refractivity contribution in [3.63, 3.8) is 0 Å². The van der Waals surface area contributed by atoms with E-state index in [4.69, 9.17) is 0 Å². The quantitative estimate of drug-likeness (QED) is 0.597. The molecule has 0 fully saturated rings. The maximum Gasteiger partial charge on any atom is 0.0487 e. The largest absolute Gasteiger partial charge is 0.321 e. The number of hydrazine groups is 1. The third kappa shape index (κ3) is 3.90. The van der Waals surface area contributed by atoms with Gasteiger partial charge in [0.15, 0.2) is 0 Å². The summed E-state index contributed by atoms with van der Waals surface area (Å²) in [5.41, 5.74) is 10.3. The highest BCUT2D eigenvalue weighted by Crippen LogP contribution is 2.08. The number of hydrogen-bond acceptors (Lipinski definition) is 2. The van der Waals surface area contributed by atoms with Gasteiger partial charge in [-0.25, -0.2) is 5.43 Å². The molecule has 0 amide bonds. The van der Waals surface area contributed by atoms with Crippen LogP contribution in [0.5, 0.6) is 0 Å². The molecule has 0 atom stereocenters. The molecular formula is C16H20N2. The van der Waals surface area contributed by atoms with Gasteiger partial charge in [-0.1, -0.05) is 49.4 Å². The van der Waals surface area contributed by atoms with E-state index in [1.807, 2.05) is 6.07 Å². The number of rotatable bonds is 6. The van der Waals surface area contributed by atoms with E-state index in [0.717, 1.165) is 25.1 Å². The zero-order chi connectivity index (χ0) is 12.6. The van der Waals surface area contributed by atoms with Gasteiger partial charge in [-0.05, 0) is 36.1 Å². The first kappa shape index (κ1) is 12.7. The fourth-order valence-corrected chi connectivity index (χ4v) is 1.84. The Hall–Kier alpha value is -1.80. The van der Waals surface area contributed by atoms with E-state index in [0.29, 0.717) is 0 Å². The highest BCUT2D eigenvalue weighted by Gasteiger charge is 1.93.